The predicted octanol–water partition coefficient (Wildman–Crippen LogP) is 4.71. The van der Waals surface area contributed by atoms with Gasteiger partial charge in [-0.3, -0.25) is 19.7 Å². The average Bonchev–Trinajstić information content (AvgIpc) is 2.53. The van der Waals surface area contributed by atoms with Gasteiger partial charge >= 0.3 is 0 Å². The van der Waals surface area contributed by atoms with Crippen molar-refractivity contribution in [3.8, 4) is 0 Å². The molecule has 24 heavy (non-hydrogen) atoms. The first kappa shape index (κ1) is 16.8. The molecule has 0 bridgehead atoms. The van der Waals surface area contributed by atoms with Gasteiger partial charge in [0.05, 0.1) is 15.5 Å². The molecule has 0 N–H and O–H groups in total. The van der Waals surface area contributed by atoms with Crippen LogP contribution in [0.5, 0.6) is 0 Å². The standard InChI is InChI=1S/C17H11BrClNO4/c1-6-7(2)11-14(15(18)8(6)3)17(22)13-10(20(23)24)5-4-9(19)12(13)16(11)21/h4-5H,1-3H3. The summed E-state index contributed by atoms with van der Waals surface area (Å²) in [5, 5.41) is 11.3. The van der Waals surface area contributed by atoms with E-state index >= 15 is 0 Å². The van der Waals surface area contributed by atoms with E-state index in [1.54, 1.807) is 6.92 Å². The average molecular weight is 409 g/mol. The van der Waals surface area contributed by atoms with Gasteiger partial charge in [0.1, 0.15) is 5.56 Å². The van der Waals surface area contributed by atoms with Crippen molar-refractivity contribution in [3.05, 3.63) is 70.7 Å². The maximum absolute atomic E-state index is 13.0. The second-order valence-corrected chi connectivity index (χ2v) is 6.87. The van der Waals surface area contributed by atoms with E-state index in [9.17, 15) is 19.7 Å². The van der Waals surface area contributed by atoms with Gasteiger partial charge < -0.3 is 0 Å². The molecule has 1 aliphatic rings. The van der Waals surface area contributed by atoms with Crippen LogP contribution in [0.4, 0.5) is 5.69 Å². The third kappa shape index (κ3) is 2.06. The highest BCUT2D eigenvalue weighted by Crippen LogP contribution is 2.42. The molecule has 3 rings (SSSR count). The second-order valence-electron chi connectivity index (χ2n) is 5.67. The lowest BCUT2D eigenvalue weighted by molar-refractivity contribution is -0.385. The molecule has 5 nitrogen and oxygen atoms in total. The van der Waals surface area contributed by atoms with Crippen molar-refractivity contribution < 1.29 is 14.5 Å². The Morgan fingerprint density at radius 3 is 2.08 bits per heavy atom. The number of carbonyl (C=O) groups excluding carboxylic acids is 2. The zero-order chi connectivity index (χ0) is 17.9. The van der Waals surface area contributed by atoms with Gasteiger partial charge in [-0.1, -0.05) is 11.6 Å². The van der Waals surface area contributed by atoms with Crippen molar-refractivity contribution in [2.45, 2.75) is 20.8 Å². The Balaban J connectivity index is 2.50. The third-order valence-electron chi connectivity index (χ3n) is 4.54. The van der Waals surface area contributed by atoms with Crippen molar-refractivity contribution in [2.24, 2.45) is 0 Å². The first-order chi connectivity index (χ1) is 11.2. The summed E-state index contributed by atoms with van der Waals surface area (Å²) in [6.45, 7) is 5.44. The number of halogens is 2. The van der Waals surface area contributed by atoms with Crippen LogP contribution in [0.3, 0.4) is 0 Å². The number of carbonyl (C=O) groups is 2. The largest absolute Gasteiger partial charge is 0.288 e. The molecule has 0 atom stereocenters. The highest BCUT2D eigenvalue weighted by molar-refractivity contribution is 9.10. The number of rotatable bonds is 1. The molecule has 1 aliphatic carbocycles. The fourth-order valence-electron chi connectivity index (χ4n) is 3.04. The lowest BCUT2D eigenvalue weighted by Gasteiger charge is -2.24. The van der Waals surface area contributed by atoms with E-state index in [4.69, 9.17) is 11.6 Å². The SMILES string of the molecule is Cc1c(C)c(Br)c2c(c1C)C(=O)c1c(Cl)ccc([N+](=O)[O-])c1C2=O. The smallest absolute Gasteiger partial charge is 0.281 e. The van der Waals surface area contributed by atoms with E-state index in [2.05, 4.69) is 15.9 Å². The van der Waals surface area contributed by atoms with E-state index in [1.165, 1.54) is 6.07 Å². The zero-order valence-electron chi connectivity index (χ0n) is 13.0. The summed E-state index contributed by atoms with van der Waals surface area (Å²) in [6.07, 6.45) is 0. The number of nitrogens with zero attached hydrogens (tertiary/aromatic N) is 1. The van der Waals surface area contributed by atoms with Crippen LogP contribution in [0.25, 0.3) is 0 Å². The molecule has 0 aliphatic heterocycles. The third-order valence-corrected chi connectivity index (χ3v) is 5.84. The summed E-state index contributed by atoms with van der Waals surface area (Å²) in [6, 6.07) is 2.43. The normalized spacial score (nSPS) is 12.9. The summed E-state index contributed by atoms with van der Waals surface area (Å²) in [5.74, 6) is -1.03. The molecule has 0 saturated carbocycles. The Hall–Kier alpha value is -2.05. The first-order valence-corrected chi connectivity index (χ1v) is 8.21. The summed E-state index contributed by atoms with van der Waals surface area (Å²) >= 11 is 9.48. The van der Waals surface area contributed by atoms with Gasteiger partial charge in [0.2, 0.25) is 5.78 Å². The molecule has 0 heterocycles. The van der Waals surface area contributed by atoms with E-state index in [0.717, 1.165) is 17.2 Å². The Morgan fingerprint density at radius 1 is 0.917 bits per heavy atom. The number of nitro benzene ring substituents is 1. The number of hydrogen-bond donors (Lipinski definition) is 0. The molecule has 0 unspecified atom stereocenters. The van der Waals surface area contributed by atoms with E-state index in [0.29, 0.717) is 10.0 Å². The van der Waals surface area contributed by atoms with Crippen LogP contribution < -0.4 is 0 Å². The van der Waals surface area contributed by atoms with Gasteiger partial charge in [-0.15, -0.1) is 0 Å². The number of hydrogen-bond acceptors (Lipinski definition) is 4. The number of benzene rings is 2. The van der Waals surface area contributed by atoms with Crippen LogP contribution in [-0.4, -0.2) is 16.5 Å². The maximum Gasteiger partial charge on any atom is 0.281 e. The summed E-state index contributed by atoms with van der Waals surface area (Å²) in [5.41, 5.74) is 2.05. The van der Waals surface area contributed by atoms with Crippen LogP contribution in [0.15, 0.2) is 16.6 Å². The summed E-state index contributed by atoms with van der Waals surface area (Å²) in [4.78, 5) is 36.7. The van der Waals surface area contributed by atoms with Crippen LogP contribution in [0, 0.1) is 30.9 Å². The fourth-order valence-corrected chi connectivity index (χ4v) is 3.95. The highest BCUT2D eigenvalue weighted by Gasteiger charge is 2.40. The van der Waals surface area contributed by atoms with Gasteiger partial charge in [0.25, 0.3) is 5.69 Å². The highest BCUT2D eigenvalue weighted by atomic mass is 79.9. The van der Waals surface area contributed by atoms with Crippen LogP contribution in [0.1, 0.15) is 48.5 Å². The molecule has 7 heteroatoms. The molecule has 0 saturated heterocycles. The number of nitro groups is 1. The van der Waals surface area contributed by atoms with Crippen LogP contribution in [0.2, 0.25) is 5.02 Å². The van der Waals surface area contributed by atoms with Crippen molar-refractivity contribution in [3.63, 3.8) is 0 Å². The van der Waals surface area contributed by atoms with Crippen molar-refractivity contribution >= 4 is 44.8 Å². The zero-order valence-corrected chi connectivity index (χ0v) is 15.3. The monoisotopic (exact) mass is 407 g/mol. The topological polar surface area (TPSA) is 77.3 Å². The quantitative estimate of drug-likeness (QED) is 0.431. The first-order valence-electron chi connectivity index (χ1n) is 7.04. The molecule has 0 fully saturated rings. The van der Waals surface area contributed by atoms with Gasteiger partial charge in [-0.25, -0.2) is 0 Å². The molecule has 2 aromatic carbocycles. The van der Waals surface area contributed by atoms with E-state index in [1.807, 2.05) is 13.8 Å². The van der Waals surface area contributed by atoms with Gasteiger partial charge in [-0.2, -0.15) is 0 Å². The predicted molar refractivity (Wildman–Crippen MR) is 93.3 cm³/mol. The maximum atomic E-state index is 13.0. The molecule has 0 aromatic heterocycles. The molecule has 0 amide bonds. The van der Waals surface area contributed by atoms with Crippen LogP contribution >= 0.6 is 27.5 Å². The molecule has 122 valence electrons. The van der Waals surface area contributed by atoms with Crippen LogP contribution in [-0.2, 0) is 0 Å². The Kier molecular flexibility index (Phi) is 3.85. The Morgan fingerprint density at radius 2 is 1.50 bits per heavy atom. The minimum absolute atomic E-state index is 0.0355. The summed E-state index contributed by atoms with van der Waals surface area (Å²) in [7, 11) is 0. The number of fused-ring (bicyclic) bond motifs is 2. The van der Waals surface area contributed by atoms with Gasteiger partial charge in [-0.05, 0) is 59.5 Å². The molecule has 0 radical (unpaired) electrons. The van der Waals surface area contributed by atoms with Crippen molar-refractivity contribution in [1.29, 1.82) is 0 Å². The van der Waals surface area contributed by atoms with Gasteiger partial charge in [0.15, 0.2) is 5.78 Å². The fraction of sp³-hybridized carbons (Fsp3) is 0.176. The summed E-state index contributed by atoms with van der Waals surface area (Å²) < 4.78 is 0.485. The van der Waals surface area contributed by atoms with Gasteiger partial charge in [0, 0.05) is 21.7 Å². The van der Waals surface area contributed by atoms with Crippen molar-refractivity contribution in [1.82, 2.24) is 0 Å². The minimum Gasteiger partial charge on any atom is -0.288 e. The molecule has 0 spiro atoms. The molecular weight excluding hydrogens is 398 g/mol. The lowest BCUT2D eigenvalue weighted by atomic mass is 9.79. The van der Waals surface area contributed by atoms with E-state index in [-0.39, 0.29) is 27.3 Å². The second kappa shape index (κ2) is 5.50. The molecular formula is C17H11BrClNO4. The minimum atomic E-state index is -0.673. The number of ketones is 2. The Labute approximate surface area is 150 Å². The Bertz CT molecular complexity index is 982. The van der Waals surface area contributed by atoms with Crippen molar-refractivity contribution in [2.75, 3.05) is 0 Å². The molecule has 2 aromatic rings. The van der Waals surface area contributed by atoms with E-state index < -0.39 is 22.2 Å². The lowest BCUT2D eigenvalue weighted by Crippen LogP contribution is -2.25.